The minimum atomic E-state index is -1.13. The van der Waals surface area contributed by atoms with Crippen LogP contribution in [0.4, 0.5) is 4.79 Å². The number of nitrogens with one attached hydrogen (secondary N) is 1. The van der Waals surface area contributed by atoms with Crippen LogP contribution in [0.5, 0.6) is 5.75 Å². The SMILES string of the molecule is CC(C)[C@@H](OC(=O)COc1ccc(-c2ccccc2)cc1)C(=O)NC(N)=O. The van der Waals surface area contributed by atoms with Crippen LogP contribution in [-0.2, 0) is 14.3 Å². The van der Waals surface area contributed by atoms with Crippen molar-refractivity contribution in [3.63, 3.8) is 0 Å². The molecule has 0 heterocycles. The summed E-state index contributed by atoms with van der Waals surface area (Å²) in [7, 11) is 0. The van der Waals surface area contributed by atoms with Gasteiger partial charge < -0.3 is 15.2 Å². The highest BCUT2D eigenvalue weighted by Gasteiger charge is 2.27. The van der Waals surface area contributed by atoms with Gasteiger partial charge in [-0.05, 0) is 29.2 Å². The maximum atomic E-state index is 12.0. The van der Waals surface area contributed by atoms with E-state index in [1.165, 1.54) is 0 Å². The fourth-order valence-electron chi connectivity index (χ4n) is 2.38. The molecule has 0 aliphatic carbocycles. The fourth-order valence-corrected chi connectivity index (χ4v) is 2.38. The second-order valence-corrected chi connectivity index (χ2v) is 6.19. The van der Waals surface area contributed by atoms with Crippen molar-refractivity contribution in [2.75, 3.05) is 6.61 Å². The Balaban J connectivity index is 1.90. The lowest BCUT2D eigenvalue weighted by atomic mass is 10.1. The molecule has 2 rings (SSSR count). The van der Waals surface area contributed by atoms with Gasteiger partial charge in [0.2, 0.25) is 0 Å². The summed E-state index contributed by atoms with van der Waals surface area (Å²) >= 11 is 0. The second-order valence-electron chi connectivity index (χ2n) is 6.19. The lowest BCUT2D eigenvalue weighted by Crippen LogP contribution is -2.46. The molecule has 0 bridgehead atoms. The molecule has 7 heteroatoms. The molecule has 27 heavy (non-hydrogen) atoms. The quantitative estimate of drug-likeness (QED) is 0.728. The standard InChI is InChI=1S/C20H22N2O5/c1-13(2)18(19(24)22-20(21)25)27-17(23)12-26-16-10-8-15(9-11-16)14-6-4-3-5-7-14/h3-11,13,18H,12H2,1-2H3,(H3,21,22,24,25)/t18-/m1/s1. The van der Waals surface area contributed by atoms with Gasteiger partial charge in [0.05, 0.1) is 0 Å². The highest BCUT2D eigenvalue weighted by atomic mass is 16.6. The molecular formula is C20H22N2O5. The van der Waals surface area contributed by atoms with Crippen molar-refractivity contribution >= 4 is 17.9 Å². The third kappa shape index (κ3) is 6.14. The number of urea groups is 1. The van der Waals surface area contributed by atoms with Crippen LogP contribution in [0.15, 0.2) is 54.6 Å². The predicted molar refractivity (Wildman–Crippen MR) is 99.8 cm³/mol. The summed E-state index contributed by atoms with van der Waals surface area (Å²) in [5, 5.41) is 1.91. The Labute approximate surface area is 157 Å². The van der Waals surface area contributed by atoms with Gasteiger partial charge in [0, 0.05) is 0 Å². The maximum absolute atomic E-state index is 12.0. The Hall–Kier alpha value is -3.35. The summed E-state index contributed by atoms with van der Waals surface area (Å²) in [6.07, 6.45) is -1.13. The van der Waals surface area contributed by atoms with Crippen LogP contribution in [-0.4, -0.2) is 30.6 Å². The van der Waals surface area contributed by atoms with E-state index in [2.05, 4.69) is 0 Å². The molecular weight excluding hydrogens is 348 g/mol. The van der Waals surface area contributed by atoms with E-state index in [0.29, 0.717) is 5.75 Å². The summed E-state index contributed by atoms with van der Waals surface area (Å²) in [5.74, 6) is -1.33. The molecule has 3 N–H and O–H groups in total. The largest absolute Gasteiger partial charge is 0.482 e. The average molecular weight is 370 g/mol. The van der Waals surface area contributed by atoms with Crippen LogP contribution in [0.1, 0.15) is 13.8 Å². The Morgan fingerprint density at radius 3 is 2.11 bits per heavy atom. The van der Waals surface area contributed by atoms with Gasteiger partial charge >= 0.3 is 12.0 Å². The topological polar surface area (TPSA) is 108 Å². The van der Waals surface area contributed by atoms with E-state index in [9.17, 15) is 14.4 Å². The third-order valence-corrected chi connectivity index (χ3v) is 3.69. The number of carbonyl (C=O) groups excluding carboxylic acids is 3. The Morgan fingerprint density at radius 1 is 0.963 bits per heavy atom. The second kappa shape index (κ2) is 9.38. The average Bonchev–Trinajstić information content (AvgIpc) is 2.64. The van der Waals surface area contributed by atoms with E-state index in [0.717, 1.165) is 11.1 Å². The molecule has 0 saturated heterocycles. The van der Waals surface area contributed by atoms with Crippen LogP contribution in [0.3, 0.4) is 0 Å². The molecule has 2 aromatic rings. The van der Waals surface area contributed by atoms with E-state index >= 15 is 0 Å². The molecule has 0 aromatic heterocycles. The van der Waals surface area contributed by atoms with Crippen molar-refractivity contribution < 1.29 is 23.9 Å². The minimum Gasteiger partial charge on any atom is -0.482 e. The van der Waals surface area contributed by atoms with Gasteiger partial charge in [0.15, 0.2) is 12.7 Å². The summed E-state index contributed by atoms with van der Waals surface area (Å²) in [5.41, 5.74) is 7.01. The van der Waals surface area contributed by atoms with Gasteiger partial charge in [-0.25, -0.2) is 9.59 Å². The zero-order valence-electron chi connectivity index (χ0n) is 15.2. The summed E-state index contributed by atoms with van der Waals surface area (Å²) in [6, 6.07) is 16.1. The van der Waals surface area contributed by atoms with Crippen LogP contribution in [0, 0.1) is 5.92 Å². The number of esters is 1. The molecule has 0 aliphatic rings. The molecule has 0 saturated carbocycles. The first-order chi connectivity index (χ1) is 12.9. The van der Waals surface area contributed by atoms with Gasteiger partial charge in [-0.2, -0.15) is 0 Å². The number of amides is 3. The number of nitrogens with two attached hydrogens (primary N) is 1. The Morgan fingerprint density at radius 2 is 1.56 bits per heavy atom. The molecule has 0 aliphatic heterocycles. The zero-order valence-corrected chi connectivity index (χ0v) is 15.2. The van der Waals surface area contributed by atoms with E-state index < -0.39 is 24.0 Å². The van der Waals surface area contributed by atoms with E-state index in [-0.39, 0.29) is 12.5 Å². The first kappa shape index (κ1) is 20.0. The molecule has 0 unspecified atom stereocenters. The Bertz CT molecular complexity index is 788. The lowest BCUT2D eigenvalue weighted by Gasteiger charge is -2.19. The molecule has 0 fully saturated rings. The molecule has 0 radical (unpaired) electrons. The monoisotopic (exact) mass is 370 g/mol. The lowest BCUT2D eigenvalue weighted by molar-refractivity contribution is -0.160. The molecule has 7 nitrogen and oxygen atoms in total. The summed E-state index contributed by atoms with van der Waals surface area (Å²) in [6.45, 7) is 3.00. The van der Waals surface area contributed by atoms with E-state index in [4.69, 9.17) is 15.2 Å². The highest BCUT2D eigenvalue weighted by Crippen LogP contribution is 2.22. The smallest absolute Gasteiger partial charge is 0.344 e. The summed E-state index contributed by atoms with van der Waals surface area (Å²) < 4.78 is 10.5. The number of ether oxygens (including phenoxy) is 2. The molecule has 0 spiro atoms. The number of rotatable bonds is 7. The van der Waals surface area contributed by atoms with Crippen LogP contribution in [0.2, 0.25) is 0 Å². The number of benzene rings is 2. The van der Waals surface area contributed by atoms with Gasteiger partial charge in [0.1, 0.15) is 5.75 Å². The fraction of sp³-hybridized carbons (Fsp3) is 0.250. The molecule has 1 atom stereocenters. The Kier molecular flexibility index (Phi) is 6.93. The predicted octanol–water partition coefficient (Wildman–Crippen LogP) is 2.50. The third-order valence-electron chi connectivity index (χ3n) is 3.69. The number of hydrogen-bond donors (Lipinski definition) is 2. The molecule has 142 valence electrons. The maximum Gasteiger partial charge on any atom is 0.344 e. The normalized spacial score (nSPS) is 11.5. The number of imide groups is 1. The van der Waals surface area contributed by atoms with Crippen molar-refractivity contribution in [2.45, 2.75) is 20.0 Å². The van der Waals surface area contributed by atoms with Crippen molar-refractivity contribution in [3.8, 4) is 16.9 Å². The van der Waals surface area contributed by atoms with Crippen LogP contribution in [0.25, 0.3) is 11.1 Å². The highest BCUT2D eigenvalue weighted by molar-refractivity contribution is 5.96. The molecule has 3 amide bonds. The van der Waals surface area contributed by atoms with Crippen molar-refractivity contribution in [2.24, 2.45) is 11.7 Å². The van der Waals surface area contributed by atoms with Gasteiger partial charge in [0.25, 0.3) is 5.91 Å². The van der Waals surface area contributed by atoms with E-state index in [1.54, 1.807) is 26.0 Å². The zero-order chi connectivity index (χ0) is 19.8. The van der Waals surface area contributed by atoms with Crippen LogP contribution < -0.4 is 15.8 Å². The van der Waals surface area contributed by atoms with E-state index in [1.807, 2.05) is 47.8 Å². The van der Waals surface area contributed by atoms with Crippen molar-refractivity contribution in [3.05, 3.63) is 54.6 Å². The van der Waals surface area contributed by atoms with Gasteiger partial charge in [-0.1, -0.05) is 56.3 Å². The van der Waals surface area contributed by atoms with Gasteiger partial charge in [-0.15, -0.1) is 0 Å². The van der Waals surface area contributed by atoms with Gasteiger partial charge in [-0.3, -0.25) is 10.1 Å². The van der Waals surface area contributed by atoms with Crippen molar-refractivity contribution in [1.29, 1.82) is 0 Å². The summed E-state index contributed by atoms with van der Waals surface area (Å²) in [4.78, 5) is 34.6. The molecule has 2 aromatic carbocycles. The first-order valence-electron chi connectivity index (χ1n) is 8.45. The van der Waals surface area contributed by atoms with Crippen LogP contribution >= 0.6 is 0 Å². The first-order valence-corrected chi connectivity index (χ1v) is 8.45. The number of primary amides is 1. The number of hydrogen-bond acceptors (Lipinski definition) is 5. The minimum absolute atomic E-state index is 0.335. The number of carbonyl (C=O) groups is 3. The van der Waals surface area contributed by atoms with Crippen molar-refractivity contribution in [1.82, 2.24) is 5.32 Å².